The molecule has 1 aromatic carbocycles. The summed E-state index contributed by atoms with van der Waals surface area (Å²) < 4.78 is 0. The summed E-state index contributed by atoms with van der Waals surface area (Å²) in [6.07, 6.45) is 2.54. The number of aryl methyl sites for hydroxylation is 1. The van der Waals surface area contributed by atoms with Crippen molar-refractivity contribution >= 4 is 5.91 Å². The average molecular weight is 262 g/mol. The molecule has 0 spiro atoms. The van der Waals surface area contributed by atoms with Crippen molar-refractivity contribution in [1.82, 2.24) is 10.2 Å². The Morgan fingerprint density at radius 2 is 1.95 bits per heavy atom. The predicted molar refractivity (Wildman–Crippen MR) is 80.0 cm³/mol. The SMILES string of the molecule is CCCN(Cc1ccc(C)cc1)C(=O)CCCNC. The van der Waals surface area contributed by atoms with Gasteiger partial charge in [-0.05, 0) is 38.9 Å². The van der Waals surface area contributed by atoms with Crippen molar-refractivity contribution in [2.75, 3.05) is 20.1 Å². The second-order valence-electron chi connectivity index (χ2n) is 5.01. The number of benzene rings is 1. The van der Waals surface area contributed by atoms with Gasteiger partial charge in [-0.25, -0.2) is 0 Å². The molecule has 1 rings (SSSR count). The van der Waals surface area contributed by atoms with Gasteiger partial charge in [0, 0.05) is 19.5 Å². The van der Waals surface area contributed by atoms with Crippen molar-refractivity contribution in [2.45, 2.75) is 39.7 Å². The van der Waals surface area contributed by atoms with Crippen LogP contribution < -0.4 is 5.32 Å². The first-order chi connectivity index (χ1) is 9.17. The Kier molecular flexibility index (Phi) is 7.19. The molecule has 0 aliphatic carbocycles. The van der Waals surface area contributed by atoms with Gasteiger partial charge in [0.15, 0.2) is 0 Å². The molecule has 0 aliphatic heterocycles. The van der Waals surface area contributed by atoms with Gasteiger partial charge < -0.3 is 10.2 Å². The van der Waals surface area contributed by atoms with Crippen molar-refractivity contribution in [1.29, 1.82) is 0 Å². The van der Waals surface area contributed by atoms with Gasteiger partial charge in [0.2, 0.25) is 5.91 Å². The van der Waals surface area contributed by atoms with E-state index in [0.717, 1.165) is 32.5 Å². The van der Waals surface area contributed by atoms with E-state index in [1.807, 2.05) is 11.9 Å². The van der Waals surface area contributed by atoms with Crippen molar-refractivity contribution in [3.8, 4) is 0 Å². The molecule has 0 unspecified atom stereocenters. The number of carbonyl (C=O) groups is 1. The molecular formula is C16H26N2O. The minimum atomic E-state index is 0.262. The van der Waals surface area contributed by atoms with Crippen LogP contribution >= 0.6 is 0 Å². The zero-order valence-electron chi connectivity index (χ0n) is 12.4. The van der Waals surface area contributed by atoms with Crippen LogP contribution in [0.15, 0.2) is 24.3 Å². The molecule has 0 saturated heterocycles. The summed E-state index contributed by atoms with van der Waals surface area (Å²) in [5.74, 6) is 0.262. The highest BCUT2D eigenvalue weighted by molar-refractivity contribution is 5.76. The first kappa shape index (κ1) is 15.7. The summed E-state index contributed by atoms with van der Waals surface area (Å²) in [7, 11) is 1.92. The minimum Gasteiger partial charge on any atom is -0.338 e. The zero-order chi connectivity index (χ0) is 14.1. The first-order valence-corrected chi connectivity index (χ1v) is 7.15. The van der Waals surface area contributed by atoms with Gasteiger partial charge in [0.25, 0.3) is 0 Å². The van der Waals surface area contributed by atoms with Crippen molar-refractivity contribution in [3.05, 3.63) is 35.4 Å². The normalized spacial score (nSPS) is 10.5. The number of hydrogen-bond acceptors (Lipinski definition) is 2. The number of nitrogens with one attached hydrogen (secondary N) is 1. The topological polar surface area (TPSA) is 32.3 Å². The fraction of sp³-hybridized carbons (Fsp3) is 0.562. The Labute approximate surface area is 117 Å². The second-order valence-corrected chi connectivity index (χ2v) is 5.01. The zero-order valence-corrected chi connectivity index (χ0v) is 12.4. The van der Waals surface area contributed by atoms with Crippen LogP contribution in [-0.2, 0) is 11.3 Å². The maximum absolute atomic E-state index is 12.2. The van der Waals surface area contributed by atoms with Gasteiger partial charge >= 0.3 is 0 Å². The molecule has 0 radical (unpaired) electrons. The molecule has 0 heterocycles. The molecule has 1 aromatic rings. The lowest BCUT2D eigenvalue weighted by Crippen LogP contribution is -2.31. The van der Waals surface area contributed by atoms with Gasteiger partial charge in [-0.15, -0.1) is 0 Å². The van der Waals surface area contributed by atoms with Crippen LogP contribution in [0.3, 0.4) is 0 Å². The van der Waals surface area contributed by atoms with E-state index in [9.17, 15) is 4.79 Å². The van der Waals surface area contributed by atoms with Crippen molar-refractivity contribution in [2.24, 2.45) is 0 Å². The van der Waals surface area contributed by atoms with Crippen LogP contribution in [-0.4, -0.2) is 30.9 Å². The summed E-state index contributed by atoms with van der Waals surface area (Å²) in [5.41, 5.74) is 2.46. The quantitative estimate of drug-likeness (QED) is 0.731. The molecule has 0 fully saturated rings. The molecule has 1 amide bonds. The van der Waals surface area contributed by atoms with E-state index in [0.29, 0.717) is 6.42 Å². The van der Waals surface area contributed by atoms with Crippen molar-refractivity contribution in [3.63, 3.8) is 0 Å². The molecule has 0 atom stereocenters. The summed E-state index contributed by atoms with van der Waals surface area (Å²) >= 11 is 0. The maximum Gasteiger partial charge on any atom is 0.222 e. The van der Waals surface area contributed by atoms with Crippen LogP contribution in [0.4, 0.5) is 0 Å². The van der Waals surface area contributed by atoms with Gasteiger partial charge in [0.1, 0.15) is 0 Å². The highest BCUT2D eigenvalue weighted by Crippen LogP contribution is 2.09. The third-order valence-electron chi connectivity index (χ3n) is 3.16. The van der Waals surface area contributed by atoms with Crippen LogP contribution in [0.5, 0.6) is 0 Å². The second kappa shape index (κ2) is 8.70. The monoisotopic (exact) mass is 262 g/mol. The Morgan fingerprint density at radius 1 is 1.26 bits per heavy atom. The lowest BCUT2D eigenvalue weighted by molar-refractivity contribution is -0.131. The fourth-order valence-electron chi connectivity index (χ4n) is 2.05. The maximum atomic E-state index is 12.2. The standard InChI is InChI=1S/C16H26N2O/c1-4-12-18(16(19)6-5-11-17-3)13-15-9-7-14(2)8-10-15/h7-10,17H,4-6,11-13H2,1-3H3. The molecule has 3 heteroatoms. The summed E-state index contributed by atoms with van der Waals surface area (Å²) in [6, 6.07) is 8.42. The Morgan fingerprint density at radius 3 is 2.53 bits per heavy atom. The van der Waals surface area contributed by atoms with Crippen LogP contribution in [0.1, 0.15) is 37.3 Å². The molecular weight excluding hydrogens is 236 g/mol. The molecule has 19 heavy (non-hydrogen) atoms. The fourth-order valence-corrected chi connectivity index (χ4v) is 2.05. The first-order valence-electron chi connectivity index (χ1n) is 7.15. The third-order valence-corrected chi connectivity index (χ3v) is 3.16. The molecule has 0 bridgehead atoms. The van der Waals surface area contributed by atoms with E-state index in [2.05, 4.69) is 43.4 Å². The van der Waals surface area contributed by atoms with E-state index in [4.69, 9.17) is 0 Å². The largest absolute Gasteiger partial charge is 0.338 e. The van der Waals surface area contributed by atoms with Gasteiger partial charge in [-0.2, -0.15) is 0 Å². The van der Waals surface area contributed by atoms with E-state index in [1.165, 1.54) is 11.1 Å². The number of rotatable bonds is 8. The van der Waals surface area contributed by atoms with Gasteiger partial charge in [-0.1, -0.05) is 36.8 Å². The van der Waals surface area contributed by atoms with Crippen LogP contribution in [0.25, 0.3) is 0 Å². The molecule has 3 nitrogen and oxygen atoms in total. The lowest BCUT2D eigenvalue weighted by atomic mass is 10.1. The Bertz CT molecular complexity index is 373. The lowest BCUT2D eigenvalue weighted by Gasteiger charge is -2.22. The average Bonchev–Trinajstić information content (AvgIpc) is 2.41. The molecule has 106 valence electrons. The van der Waals surface area contributed by atoms with E-state index in [-0.39, 0.29) is 5.91 Å². The molecule has 0 aliphatic rings. The Balaban J connectivity index is 2.56. The van der Waals surface area contributed by atoms with Gasteiger partial charge in [0.05, 0.1) is 0 Å². The number of nitrogens with zero attached hydrogens (tertiary/aromatic N) is 1. The van der Waals surface area contributed by atoms with Crippen molar-refractivity contribution < 1.29 is 4.79 Å². The highest BCUT2D eigenvalue weighted by atomic mass is 16.2. The number of amides is 1. The Hall–Kier alpha value is -1.35. The molecule has 1 N–H and O–H groups in total. The predicted octanol–water partition coefficient (Wildman–Crippen LogP) is 2.73. The highest BCUT2D eigenvalue weighted by Gasteiger charge is 2.12. The number of hydrogen-bond donors (Lipinski definition) is 1. The molecule has 0 aromatic heterocycles. The number of carbonyl (C=O) groups excluding carboxylic acids is 1. The summed E-state index contributed by atoms with van der Waals surface area (Å²) in [5, 5.41) is 3.08. The third kappa shape index (κ3) is 5.88. The van der Waals surface area contributed by atoms with Crippen LogP contribution in [0.2, 0.25) is 0 Å². The van der Waals surface area contributed by atoms with E-state index >= 15 is 0 Å². The van der Waals surface area contributed by atoms with Crippen LogP contribution in [0, 0.1) is 6.92 Å². The minimum absolute atomic E-state index is 0.262. The smallest absolute Gasteiger partial charge is 0.222 e. The molecule has 0 saturated carbocycles. The van der Waals surface area contributed by atoms with E-state index < -0.39 is 0 Å². The van der Waals surface area contributed by atoms with Gasteiger partial charge in [-0.3, -0.25) is 4.79 Å². The summed E-state index contributed by atoms with van der Waals surface area (Å²) in [4.78, 5) is 14.1. The van der Waals surface area contributed by atoms with E-state index in [1.54, 1.807) is 0 Å². The summed E-state index contributed by atoms with van der Waals surface area (Å²) in [6.45, 7) is 6.66.